The standard InChI is InChI=1S/C20H16BrN3O4/c1-27-20(26)11-6-7-15-13(10-11)16(19(25)23-15)18-17(24-28-9-8-21)12-4-2-3-5-14(12)22-18/h2-7,10,23,25H,8-9H2,1H3/b24-17+. The Morgan fingerprint density at radius 1 is 1.29 bits per heavy atom. The maximum atomic E-state index is 11.9. The molecule has 0 aliphatic carbocycles. The van der Waals surface area contributed by atoms with Gasteiger partial charge in [0.15, 0.2) is 5.88 Å². The van der Waals surface area contributed by atoms with Crippen LogP contribution in [0.25, 0.3) is 10.9 Å². The van der Waals surface area contributed by atoms with Gasteiger partial charge in [-0.2, -0.15) is 0 Å². The number of methoxy groups -OCH3 is 1. The van der Waals surface area contributed by atoms with Crippen LogP contribution in [0.15, 0.2) is 52.6 Å². The van der Waals surface area contributed by atoms with Gasteiger partial charge in [0.1, 0.15) is 18.0 Å². The van der Waals surface area contributed by atoms with Gasteiger partial charge < -0.3 is 19.7 Å². The molecule has 142 valence electrons. The summed E-state index contributed by atoms with van der Waals surface area (Å²) >= 11 is 3.30. The average molecular weight is 442 g/mol. The molecule has 28 heavy (non-hydrogen) atoms. The number of aliphatic imine (C=N–C) groups is 1. The van der Waals surface area contributed by atoms with Crippen molar-refractivity contribution < 1.29 is 19.5 Å². The molecule has 2 heterocycles. The molecule has 0 bridgehead atoms. The Balaban J connectivity index is 1.89. The van der Waals surface area contributed by atoms with Crippen LogP contribution in [-0.4, -0.2) is 46.5 Å². The Bertz CT molecular complexity index is 1130. The molecule has 1 aromatic heterocycles. The van der Waals surface area contributed by atoms with Gasteiger partial charge in [-0.05, 0) is 24.3 Å². The van der Waals surface area contributed by atoms with Gasteiger partial charge >= 0.3 is 5.97 Å². The van der Waals surface area contributed by atoms with Crippen molar-refractivity contribution in [1.29, 1.82) is 0 Å². The lowest BCUT2D eigenvalue weighted by molar-refractivity contribution is 0.0601. The highest BCUT2D eigenvalue weighted by Crippen LogP contribution is 2.36. The zero-order valence-electron chi connectivity index (χ0n) is 14.9. The zero-order valence-corrected chi connectivity index (χ0v) is 16.5. The lowest BCUT2D eigenvalue weighted by atomic mass is 10.00. The average Bonchev–Trinajstić information content (AvgIpc) is 3.23. The number of ether oxygens (including phenoxy) is 1. The molecule has 8 heteroatoms. The van der Waals surface area contributed by atoms with Crippen LogP contribution in [0.5, 0.6) is 5.88 Å². The summed E-state index contributed by atoms with van der Waals surface area (Å²) in [5, 5.41) is 16.1. The Kier molecular flexibility index (Phi) is 4.87. The first-order valence-electron chi connectivity index (χ1n) is 8.51. The number of hydrogen-bond donors (Lipinski definition) is 2. The van der Waals surface area contributed by atoms with Crippen molar-refractivity contribution >= 4 is 49.9 Å². The van der Waals surface area contributed by atoms with E-state index in [0.717, 1.165) is 11.3 Å². The minimum Gasteiger partial charge on any atom is -0.494 e. The van der Waals surface area contributed by atoms with Gasteiger partial charge in [0.2, 0.25) is 0 Å². The number of aromatic nitrogens is 1. The lowest BCUT2D eigenvalue weighted by Crippen LogP contribution is -2.14. The van der Waals surface area contributed by atoms with Crippen LogP contribution in [0.3, 0.4) is 0 Å². The van der Waals surface area contributed by atoms with Gasteiger partial charge in [0.05, 0.1) is 23.9 Å². The Morgan fingerprint density at radius 3 is 2.89 bits per heavy atom. The highest BCUT2D eigenvalue weighted by Gasteiger charge is 2.29. The molecule has 0 saturated carbocycles. The topological polar surface area (TPSA) is 96.3 Å². The number of benzene rings is 2. The minimum atomic E-state index is -0.459. The van der Waals surface area contributed by atoms with E-state index >= 15 is 0 Å². The number of fused-ring (bicyclic) bond motifs is 2. The number of hydrogen-bond acceptors (Lipinski definition) is 6. The second-order valence-corrected chi connectivity index (χ2v) is 6.83. The van der Waals surface area contributed by atoms with Crippen molar-refractivity contribution in [3.8, 4) is 5.88 Å². The number of H-pyrrole nitrogens is 1. The lowest BCUT2D eigenvalue weighted by Gasteiger charge is -2.05. The molecule has 2 aromatic carbocycles. The molecule has 0 unspecified atom stereocenters. The molecule has 0 saturated heterocycles. The quantitative estimate of drug-likeness (QED) is 0.271. The third-order valence-corrected chi connectivity index (χ3v) is 4.70. The second kappa shape index (κ2) is 7.47. The zero-order chi connectivity index (χ0) is 19.7. The maximum absolute atomic E-state index is 11.9. The van der Waals surface area contributed by atoms with Gasteiger partial charge in [0.25, 0.3) is 0 Å². The molecule has 4 rings (SSSR count). The van der Waals surface area contributed by atoms with Gasteiger partial charge in [-0.25, -0.2) is 9.79 Å². The second-order valence-electron chi connectivity index (χ2n) is 6.04. The van der Waals surface area contributed by atoms with Crippen LogP contribution in [0, 0.1) is 0 Å². The number of nitrogens with zero attached hydrogens (tertiary/aromatic N) is 2. The number of nitrogens with one attached hydrogen (secondary N) is 1. The summed E-state index contributed by atoms with van der Waals surface area (Å²) in [7, 11) is 1.33. The largest absolute Gasteiger partial charge is 0.494 e. The molecular weight excluding hydrogens is 426 g/mol. The van der Waals surface area contributed by atoms with E-state index in [-0.39, 0.29) is 5.88 Å². The molecule has 1 aliphatic heterocycles. The van der Waals surface area contributed by atoms with Crippen molar-refractivity contribution in [2.75, 3.05) is 19.0 Å². The normalized spacial score (nSPS) is 14.2. The van der Waals surface area contributed by atoms with Crippen LogP contribution in [0.2, 0.25) is 0 Å². The van der Waals surface area contributed by atoms with Crippen molar-refractivity contribution in [2.24, 2.45) is 10.1 Å². The van der Waals surface area contributed by atoms with Gasteiger partial charge in [-0.3, -0.25) is 0 Å². The fourth-order valence-electron chi connectivity index (χ4n) is 3.15. The van der Waals surface area contributed by atoms with Gasteiger partial charge in [-0.15, -0.1) is 0 Å². The van der Waals surface area contributed by atoms with Gasteiger partial charge in [0, 0.05) is 21.8 Å². The molecule has 7 nitrogen and oxygen atoms in total. The summed E-state index contributed by atoms with van der Waals surface area (Å²) in [4.78, 5) is 24.9. The summed E-state index contributed by atoms with van der Waals surface area (Å²) in [5.41, 5.74) is 4.04. The summed E-state index contributed by atoms with van der Waals surface area (Å²) < 4.78 is 4.80. The smallest absolute Gasteiger partial charge is 0.337 e. The molecule has 0 amide bonds. The highest BCUT2D eigenvalue weighted by molar-refractivity contribution is 9.09. The maximum Gasteiger partial charge on any atom is 0.337 e. The Labute approximate surface area is 168 Å². The number of aromatic amines is 1. The molecule has 0 fully saturated rings. The number of halogens is 1. The molecule has 2 N–H and O–H groups in total. The van der Waals surface area contributed by atoms with E-state index in [0.29, 0.717) is 45.4 Å². The first-order chi connectivity index (χ1) is 13.6. The molecule has 3 aromatic rings. The summed E-state index contributed by atoms with van der Waals surface area (Å²) in [6.07, 6.45) is 0. The van der Waals surface area contributed by atoms with Crippen molar-refractivity contribution in [3.63, 3.8) is 0 Å². The number of para-hydroxylation sites is 1. The number of oxime groups is 1. The summed E-state index contributed by atoms with van der Waals surface area (Å²) in [6, 6.07) is 12.5. The van der Waals surface area contributed by atoms with E-state index in [4.69, 9.17) is 9.57 Å². The van der Waals surface area contributed by atoms with Crippen LogP contribution >= 0.6 is 15.9 Å². The number of carbonyl (C=O) groups excluding carboxylic acids is 1. The van der Waals surface area contributed by atoms with E-state index in [9.17, 15) is 9.90 Å². The van der Waals surface area contributed by atoms with Crippen LogP contribution < -0.4 is 0 Å². The van der Waals surface area contributed by atoms with E-state index < -0.39 is 5.97 Å². The minimum absolute atomic E-state index is 0.0586. The summed E-state index contributed by atoms with van der Waals surface area (Å²) in [6.45, 7) is 0.394. The molecule has 0 atom stereocenters. The molecule has 1 aliphatic rings. The first kappa shape index (κ1) is 18.2. The fourth-order valence-corrected chi connectivity index (χ4v) is 3.29. The Morgan fingerprint density at radius 2 is 2.11 bits per heavy atom. The molecule has 0 spiro atoms. The number of carbonyl (C=O) groups is 1. The monoisotopic (exact) mass is 441 g/mol. The number of aromatic hydroxyl groups is 1. The van der Waals surface area contributed by atoms with Crippen LogP contribution in [0.4, 0.5) is 5.69 Å². The van der Waals surface area contributed by atoms with Crippen molar-refractivity contribution in [3.05, 3.63) is 59.2 Å². The predicted molar refractivity (Wildman–Crippen MR) is 110 cm³/mol. The Hall–Kier alpha value is -3.13. The third-order valence-electron chi connectivity index (χ3n) is 4.38. The van der Waals surface area contributed by atoms with E-state index in [1.165, 1.54) is 7.11 Å². The highest BCUT2D eigenvalue weighted by atomic mass is 79.9. The van der Waals surface area contributed by atoms with E-state index in [1.807, 2.05) is 24.3 Å². The van der Waals surface area contributed by atoms with E-state index in [2.05, 4.69) is 31.1 Å². The van der Waals surface area contributed by atoms with Crippen LogP contribution in [-0.2, 0) is 9.57 Å². The van der Waals surface area contributed by atoms with Crippen molar-refractivity contribution in [2.45, 2.75) is 0 Å². The molecule has 0 radical (unpaired) electrons. The molecular formula is C20H16BrN3O4. The predicted octanol–water partition coefficient (Wildman–Crippen LogP) is 3.91. The van der Waals surface area contributed by atoms with E-state index in [1.54, 1.807) is 18.2 Å². The van der Waals surface area contributed by atoms with Crippen molar-refractivity contribution in [1.82, 2.24) is 4.98 Å². The fraction of sp³-hybridized carbons (Fsp3) is 0.150. The number of alkyl halides is 1. The van der Waals surface area contributed by atoms with Crippen LogP contribution in [0.1, 0.15) is 21.5 Å². The number of esters is 1. The number of rotatable bonds is 5. The summed E-state index contributed by atoms with van der Waals surface area (Å²) in [5.74, 6) is -0.517. The van der Waals surface area contributed by atoms with Gasteiger partial charge in [-0.1, -0.05) is 39.3 Å². The first-order valence-corrected chi connectivity index (χ1v) is 9.64. The SMILES string of the molecule is COC(=O)c1ccc2[nH]c(O)c(C3=Nc4ccccc4/C3=N\OCCBr)c2c1. The third kappa shape index (κ3) is 3.05.